The van der Waals surface area contributed by atoms with E-state index in [0.717, 1.165) is 29.1 Å². The highest BCUT2D eigenvalue weighted by molar-refractivity contribution is 6.16. The lowest BCUT2D eigenvalue weighted by Crippen LogP contribution is -2.30. The zero-order valence-electron chi connectivity index (χ0n) is 12.2. The molecular formula is C13H21ClN4O. The van der Waals surface area contributed by atoms with Crippen LogP contribution in [0, 0.1) is 0 Å². The summed E-state index contributed by atoms with van der Waals surface area (Å²) in [6, 6.07) is 0. The molecule has 0 fully saturated rings. The Kier molecular flexibility index (Phi) is 3.87. The van der Waals surface area contributed by atoms with Crippen LogP contribution in [0.2, 0.25) is 0 Å². The van der Waals surface area contributed by atoms with Gasteiger partial charge in [-0.15, -0.1) is 11.6 Å². The van der Waals surface area contributed by atoms with Gasteiger partial charge in [-0.2, -0.15) is 5.10 Å². The maximum atomic E-state index is 6.03. The normalized spacial score (nSPS) is 12.5. The fourth-order valence-electron chi connectivity index (χ4n) is 2.24. The second kappa shape index (κ2) is 5.13. The SMILES string of the molecule is CCc1nn(C)c2c1nc(CCl)n2CC(C)(C)OC. The first-order valence-electron chi connectivity index (χ1n) is 6.45. The smallest absolute Gasteiger partial charge is 0.158 e. The molecule has 0 aromatic carbocycles. The van der Waals surface area contributed by atoms with Crippen molar-refractivity contribution in [1.82, 2.24) is 19.3 Å². The highest BCUT2D eigenvalue weighted by Crippen LogP contribution is 2.24. The molecule has 0 unspecified atom stereocenters. The van der Waals surface area contributed by atoms with Gasteiger partial charge in [-0.1, -0.05) is 6.92 Å². The van der Waals surface area contributed by atoms with Crippen molar-refractivity contribution in [1.29, 1.82) is 0 Å². The minimum atomic E-state index is -0.273. The Morgan fingerprint density at radius 1 is 1.37 bits per heavy atom. The zero-order chi connectivity index (χ0) is 14.2. The number of hydrogen-bond donors (Lipinski definition) is 0. The quantitative estimate of drug-likeness (QED) is 0.793. The summed E-state index contributed by atoms with van der Waals surface area (Å²) in [5, 5.41) is 4.51. The van der Waals surface area contributed by atoms with Gasteiger partial charge in [0, 0.05) is 14.2 Å². The molecule has 106 valence electrons. The number of alkyl halides is 1. The van der Waals surface area contributed by atoms with Gasteiger partial charge >= 0.3 is 0 Å². The Labute approximate surface area is 118 Å². The third-order valence-electron chi connectivity index (χ3n) is 3.42. The van der Waals surface area contributed by atoms with E-state index in [1.807, 2.05) is 25.6 Å². The molecule has 2 aromatic rings. The first kappa shape index (κ1) is 14.3. The predicted molar refractivity (Wildman–Crippen MR) is 76.5 cm³/mol. The van der Waals surface area contributed by atoms with Gasteiger partial charge in [0.1, 0.15) is 11.3 Å². The lowest BCUT2D eigenvalue weighted by Gasteiger charge is -2.24. The summed E-state index contributed by atoms with van der Waals surface area (Å²) in [7, 11) is 3.66. The lowest BCUT2D eigenvalue weighted by molar-refractivity contribution is 0.00832. The Morgan fingerprint density at radius 3 is 2.58 bits per heavy atom. The van der Waals surface area contributed by atoms with E-state index in [2.05, 4.69) is 21.6 Å². The molecule has 5 nitrogen and oxygen atoms in total. The number of fused-ring (bicyclic) bond motifs is 1. The number of imidazole rings is 1. The monoisotopic (exact) mass is 284 g/mol. The van der Waals surface area contributed by atoms with Crippen LogP contribution in [0.25, 0.3) is 11.2 Å². The summed E-state index contributed by atoms with van der Waals surface area (Å²) in [6.07, 6.45) is 0.865. The number of aromatic nitrogens is 4. The van der Waals surface area contributed by atoms with Crippen molar-refractivity contribution in [3.63, 3.8) is 0 Å². The number of methoxy groups -OCH3 is 1. The fourth-order valence-corrected chi connectivity index (χ4v) is 2.44. The fraction of sp³-hybridized carbons (Fsp3) is 0.692. The van der Waals surface area contributed by atoms with Crippen molar-refractivity contribution < 1.29 is 4.74 Å². The van der Waals surface area contributed by atoms with Crippen LogP contribution in [0.1, 0.15) is 32.3 Å². The third kappa shape index (κ3) is 2.49. The molecule has 0 atom stereocenters. The van der Waals surface area contributed by atoms with E-state index in [9.17, 15) is 0 Å². The summed E-state index contributed by atoms with van der Waals surface area (Å²) >= 11 is 6.03. The third-order valence-corrected chi connectivity index (χ3v) is 3.66. The Bertz CT molecular complexity index is 585. The van der Waals surface area contributed by atoms with Crippen LogP contribution in [-0.4, -0.2) is 32.0 Å². The number of hydrogen-bond acceptors (Lipinski definition) is 3. The van der Waals surface area contributed by atoms with Crippen molar-refractivity contribution in [2.75, 3.05) is 7.11 Å². The average Bonchev–Trinajstić information content (AvgIpc) is 2.88. The predicted octanol–water partition coefficient (Wildman–Crippen LogP) is 2.50. The van der Waals surface area contributed by atoms with Crippen LogP contribution in [-0.2, 0) is 30.6 Å². The number of ether oxygens (including phenoxy) is 1. The highest BCUT2D eigenvalue weighted by atomic mass is 35.5. The van der Waals surface area contributed by atoms with E-state index in [0.29, 0.717) is 12.4 Å². The summed E-state index contributed by atoms with van der Waals surface area (Å²) < 4.78 is 9.50. The Morgan fingerprint density at radius 2 is 2.05 bits per heavy atom. The second-order valence-corrected chi connectivity index (χ2v) is 5.57. The molecular weight excluding hydrogens is 264 g/mol. The van der Waals surface area contributed by atoms with Gasteiger partial charge in [-0.3, -0.25) is 4.68 Å². The minimum absolute atomic E-state index is 0.273. The molecule has 0 aliphatic heterocycles. The van der Waals surface area contributed by atoms with E-state index in [1.54, 1.807) is 7.11 Å². The molecule has 0 N–H and O–H groups in total. The largest absolute Gasteiger partial charge is 0.377 e. The molecule has 0 saturated carbocycles. The molecule has 6 heteroatoms. The minimum Gasteiger partial charge on any atom is -0.377 e. The van der Waals surface area contributed by atoms with Crippen molar-refractivity contribution in [2.45, 2.75) is 45.2 Å². The molecule has 0 spiro atoms. The van der Waals surface area contributed by atoms with Crippen LogP contribution in [0.3, 0.4) is 0 Å². The number of nitrogens with zero attached hydrogens (tertiary/aromatic N) is 4. The molecule has 19 heavy (non-hydrogen) atoms. The molecule has 2 rings (SSSR count). The van der Waals surface area contributed by atoms with Crippen molar-refractivity contribution in [3.8, 4) is 0 Å². The number of aryl methyl sites for hydroxylation is 2. The van der Waals surface area contributed by atoms with Crippen LogP contribution >= 0.6 is 11.6 Å². The van der Waals surface area contributed by atoms with Gasteiger partial charge in [-0.05, 0) is 20.3 Å². The van der Waals surface area contributed by atoms with E-state index < -0.39 is 0 Å². The van der Waals surface area contributed by atoms with Gasteiger partial charge in [0.05, 0.1) is 23.7 Å². The van der Waals surface area contributed by atoms with Crippen molar-refractivity contribution >= 4 is 22.8 Å². The zero-order valence-corrected chi connectivity index (χ0v) is 13.0. The number of rotatable bonds is 5. The van der Waals surface area contributed by atoms with Crippen LogP contribution in [0.5, 0.6) is 0 Å². The van der Waals surface area contributed by atoms with Crippen LogP contribution < -0.4 is 0 Å². The van der Waals surface area contributed by atoms with Crippen LogP contribution in [0.15, 0.2) is 0 Å². The van der Waals surface area contributed by atoms with Gasteiger partial charge in [0.2, 0.25) is 0 Å². The molecule has 0 aliphatic carbocycles. The average molecular weight is 285 g/mol. The summed E-state index contributed by atoms with van der Waals surface area (Å²) in [4.78, 5) is 4.63. The standard InChI is InChI=1S/C13H21ClN4O/c1-6-9-11-12(17(4)16-9)18(10(7-14)15-11)8-13(2,3)19-5/h6-8H2,1-5H3. The summed E-state index contributed by atoms with van der Waals surface area (Å²) in [5.41, 5.74) is 2.70. The molecule has 0 radical (unpaired) electrons. The highest BCUT2D eigenvalue weighted by Gasteiger charge is 2.24. The Hall–Kier alpha value is -1.07. The molecule has 0 bridgehead atoms. The van der Waals surface area contributed by atoms with E-state index in [4.69, 9.17) is 16.3 Å². The topological polar surface area (TPSA) is 44.9 Å². The lowest BCUT2D eigenvalue weighted by atomic mass is 10.1. The van der Waals surface area contributed by atoms with Crippen molar-refractivity contribution in [3.05, 3.63) is 11.5 Å². The van der Waals surface area contributed by atoms with Gasteiger partial charge in [-0.25, -0.2) is 4.98 Å². The molecule has 2 aromatic heterocycles. The Balaban J connectivity index is 2.60. The maximum absolute atomic E-state index is 6.03. The molecule has 0 saturated heterocycles. The first-order chi connectivity index (χ1) is 8.93. The molecule has 0 aliphatic rings. The van der Waals surface area contributed by atoms with E-state index in [1.165, 1.54) is 0 Å². The maximum Gasteiger partial charge on any atom is 0.158 e. The van der Waals surface area contributed by atoms with Crippen LogP contribution in [0.4, 0.5) is 0 Å². The summed E-state index contributed by atoms with van der Waals surface area (Å²) in [5.74, 6) is 1.25. The van der Waals surface area contributed by atoms with Gasteiger partial charge in [0.15, 0.2) is 5.65 Å². The van der Waals surface area contributed by atoms with Gasteiger partial charge < -0.3 is 9.30 Å². The molecule has 2 heterocycles. The second-order valence-electron chi connectivity index (χ2n) is 5.31. The summed E-state index contributed by atoms with van der Waals surface area (Å²) in [6.45, 7) is 6.88. The number of halogens is 1. The molecule has 0 amide bonds. The van der Waals surface area contributed by atoms with E-state index >= 15 is 0 Å². The first-order valence-corrected chi connectivity index (χ1v) is 6.99. The van der Waals surface area contributed by atoms with Crippen molar-refractivity contribution in [2.24, 2.45) is 7.05 Å². The van der Waals surface area contributed by atoms with E-state index in [-0.39, 0.29) is 5.60 Å². The van der Waals surface area contributed by atoms with Gasteiger partial charge in [0.25, 0.3) is 0 Å².